The molecule has 1 amide bonds. The monoisotopic (exact) mass is 433 g/mol. The van der Waals surface area contributed by atoms with Crippen molar-refractivity contribution in [2.24, 2.45) is 0 Å². The van der Waals surface area contributed by atoms with Gasteiger partial charge in [-0.25, -0.2) is 9.78 Å². The number of hydrogen-bond donors (Lipinski definition) is 2. The highest BCUT2D eigenvalue weighted by Crippen LogP contribution is 2.35. The van der Waals surface area contributed by atoms with Gasteiger partial charge < -0.3 is 20.1 Å². The zero-order valence-corrected chi connectivity index (χ0v) is 17.3. The van der Waals surface area contributed by atoms with Crippen molar-refractivity contribution in [2.45, 2.75) is 0 Å². The number of benzene rings is 2. The standard InChI is InChI=1S/C23H19N3O4S/c27-22(26-7-9-30-10-8-26)14-2-1-3-16(12-14)24-21-18-6-11-31-20(18)17-5-4-15(23(28)29)13-19(17)25-21/h1-6,11-13H,7-10H2,(H,24,25)(H,28,29). The summed E-state index contributed by atoms with van der Waals surface area (Å²) < 4.78 is 6.36. The zero-order valence-electron chi connectivity index (χ0n) is 16.5. The van der Waals surface area contributed by atoms with Crippen LogP contribution in [0.1, 0.15) is 20.7 Å². The first-order valence-corrected chi connectivity index (χ1v) is 10.8. The van der Waals surface area contributed by atoms with Gasteiger partial charge in [-0.1, -0.05) is 12.1 Å². The molecule has 1 aliphatic rings. The van der Waals surface area contributed by atoms with Crippen LogP contribution in [0.3, 0.4) is 0 Å². The van der Waals surface area contributed by atoms with E-state index in [0.29, 0.717) is 43.2 Å². The summed E-state index contributed by atoms with van der Waals surface area (Å²) in [5.74, 6) is -0.383. The Labute approximate surface area is 181 Å². The maximum atomic E-state index is 12.8. The number of carboxylic acids is 1. The van der Waals surface area contributed by atoms with Crippen molar-refractivity contribution in [3.63, 3.8) is 0 Å². The Morgan fingerprint density at radius 1 is 1.03 bits per heavy atom. The molecular weight excluding hydrogens is 414 g/mol. The first-order valence-electron chi connectivity index (χ1n) is 9.88. The minimum absolute atomic E-state index is 0.0230. The van der Waals surface area contributed by atoms with E-state index in [-0.39, 0.29) is 11.5 Å². The number of rotatable bonds is 4. The van der Waals surface area contributed by atoms with E-state index < -0.39 is 5.97 Å². The molecule has 1 saturated heterocycles. The molecular formula is C23H19N3O4S. The van der Waals surface area contributed by atoms with E-state index in [9.17, 15) is 14.7 Å². The number of carboxylic acid groups (broad SMARTS) is 1. The number of fused-ring (bicyclic) bond motifs is 3. The smallest absolute Gasteiger partial charge is 0.335 e. The van der Waals surface area contributed by atoms with Gasteiger partial charge >= 0.3 is 5.97 Å². The number of anilines is 2. The first kappa shape index (κ1) is 19.5. The fourth-order valence-electron chi connectivity index (χ4n) is 3.75. The predicted molar refractivity (Wildman–Crippen MR) is 121 cm³/mol. The topological polar surface area (TPSA) is 91.8 Å². The molecule has 0 unspecified atom stereocenters. The van der Waals surface area contributed by atoms with Crippen molar-refractivity contribution in [2.75, 3.05) is 31.6 Å². The van der Waals surface area contributed by atoms with Crippen molar-refractivity contribution in [3.05, 3.63) is 65.0 Å². The van der Waals surface area contributed by atoms with Crippen LogP contribution < -0.4 is 5.32 Å². The van der Waals surface area contributed by atoms with Gasteiger partial charge in [0, 0.05) is 39.8 Å². The average molecular weight is 433 g/mol. The number of nitrogens with zero attached hydrogens (tertiary/aromatic N) is 2. The molecule has 2 aromatic heterocycles. The Morgan fingerprint density at radius 3 is 2.68 bits per heavy atom. The number of nitrogens with one attached hydrogen (secondary N) is 1. The summed E-state index contributed by atoms with van der Waals surface area (Å²) in [5.41, 5.74) is 2.15. The molecule has 1 aliphatic heterocycles. The van der Waals surface area contributed by atoms with Gasteiger partial charge in [-0.3, -0.25) is 4.79 Å². The van der Waals surface area contributed by atoms with Crippen LogP contribution in [0.15, 0.2) is 53.9 Å². The number of aromatic carboxylic acids is 1. The Kier molecular flexibility index (Phi) is 5.01. The predicted octanol–water partition coefficient (Wildman–Crippen LogP) is 4.36. The third kappa shape index (κ3) is 3.71. The average Bonchev–Trinajstić information content (AvgIpc) is 3.30. The van der Waals surface area contributed by atoms with Gasteiger partial charge in [-0.15, -0.1) is 11.3 Å². The minimum atomic E-state index is -0.987. The van der Waals surface area contributed by atoms with Crippen LogP contribution in [-0.2, 0) is 4.74 Å². The van der Waals surface area contributed by atoms with Crippen molar-refractivity contribution < 1.29 is 19.4 Å². The second-order valence-corrected chi connectivity index (χ2v) is 8.19. The van der Waals surface area contributed by atoms with E-state index >= 15 is 0 Å². The molecule has 0 saturated carbocycles. The van der Waals surface area contributed by atoms with Gasteiger partial charge in [0.15, 0.2) is 0 Å². The first-order chi connectivity index (χ1) is 15.1. The molecule has 31 heavy (non-hydrogen) atoms. The number of hydrogen-bond acceptors (Lipinski definition) is 6. The van der Waals surface area contributed by atoms with Crippen LogP contribution in [0, 0.1) is 0 Å². The number of aromatic nitrogens is 1. The summed E-state index contributed by atoms with van der Waals surface area (Å²) in [7, 11) is 0. The molecule has 0 bridgehead atoms. The maximum absolute atomic E-state index is 12.8. The van der Waals surface area contributed by atoms with E-state index in [1.54, 1.807) is 40.5 Å². The second-order valence-electron chi connectivity index (χ2n) is 7.27. The third-order valence-corrected chi connectivity index (χ3v) is 6.26. The van der Waals surface area contributed by atoms with Crippen LogP contribution in [0.2, 0.25) is 0 Å². The van der Waals surface area contributed by atoms with Gasteiger partial charge in [0.1, 0.15) is 5.82 Å². The van der Waals surface area contributed by atoms with Crippen LogP contribution >= 0.6 is 11.3 Å². The lowest BCUT2D eigenvalue weighted by Crippen LogP contribution is -2.40. The maximum Gasteiger partial charge on any atom is 0.335 e. The molecule has 8 heteroatoms. The molecule has 0 spiro atoms. The number of carbonyl (C=O) groups excluding carboxylic acids is 1. The van der Waals surface area contributed by atoms with Crippen molar-refractivity contribution in [3.8, 4) is 0 Å². The second kappa shape index (κ2) is 7.98. The normalized spacial score (nSPS) is 14.1. The molecule has 5 rings (SSSR count). The number of pyridine rings is 1. The summed E-state index contributed by atoms with van der Waals surface area (Å²) in [6.45, 7) is 2.28. The molecule has 156 valence electrons. The number of thiophene rings is 1. The van der Waals surface area contributed by atoms with Crippen LogP contribution in [0.4, 0.5) is 11.5 Å². The third-order valence-electron chi connectivity index (χ3n) is 5.31. The highest BCUT2D eigenvalue weighted by molar-refractivity contribution is 7.18. The Balaban J connectivity index is 1.51. The van der Waals surface area contributed by atoms with E-state index in [2.05, 4.69) is 5.32 Å². The Bertz CT molecular complexity index is 1310. The number of amides is 1. The van der Waals surface area contributed by atoms with Gasteiger partial charge in [0.25, 0.3) is 5.91 Å². The number of carbonyl (C=O) groups is 2. The summed E-state index contributed by atoms with van der Waals surface area (Å²) in [6, 6.07) is 14.3. The summed E-state index contributed by atoms with van der Waals surface area (Å²) in [6.07, 6.45) is 0. The minimum Gasteiger partial charge on any atom is -0.478 e. The highest BCUT2D eigenvalue weighted by atomic mass is 32.1. The lowest BCUT2D eigenvalue weighted by Gasteiger charge is -2.27. The van der Waals surface area contributed by atoms with Crippen LogP contribution in [0.25, 0.3) is 21.0 Å². The summed E-state index contributed by atoms with van der Waals surface area (Å²) >= 11 is 1.58. The summed E-state index contributed by atoms with van der Waals surface area (Å²) in [5, 5.41) is 16.5. The fraction of sp³-hybridized carbons (Fsp3) is 0.174. The van der Waals surface area contributed by atoms with Gasteiger partial charge in [-0.05, 0) is 41.8 Å². The van der Waals surface area contributed by atoms with Gasteiger partial charge in [0.2, 0.25) is 0 Å². The van der Waals surface area contributed by atoms with E-state index in [1.807, 2.05) is 29.6 Å². The molecule has 2 N–H and O–H groups in total. The van der Waals surface area contributed by atoms with Crippen LogP contribution in [-0.4, -0.2) is 53.2 Å². The van der Waals surface area contributed by atoms with Gasteiger partial charge in [0.05, 0.1) is 24.3 Å². The number of ether oxygens (including phenoxy) is 1. The van der Waals surface area contributed by atoms with E-state index in [1.165, 1.54) is 0 Å². The van der Waals surface area contributed by atoms with Crippen LogP contribution in [0.5, 0.6) is 0 Å². The Morgan fingerprint density at radius 2 is 1.87 bits per heavy atom. The Hall–Kier alpha value is -3.49. The van der Waals surface area contributed by atoms with Crippen molar-refractivity contribution >= 4 is 55.7 Å². The number of morpholine rings is 1. The largest absolute Gasteiger partial charge is 0.478 e. The van der Waals surface area contributed by atoms with Gasteiger partial charge in [-0.2, -0.15) is 0 Å². The lowest BCUT2D eigenvalue weighted by molar-refractivity contribution is 0.0303. The van der Waals surface area contributed by atoms with Crippen molar-refractivity contribution in [1.29, 1.82) is 0 Å². The molecule has 0 atom stereocenters. The molecule has 3 heterocycles. The molecule has 1 fully saturated rings. The summed E-state index contributed by atoms with van der Waals surface area (Å²) in [4.78, 5) is 30.7. The molecule has 2 aromatic carbocycles. The quantitative estimate of drug-likeness (QED) is 0.497. The lowest BCUT2D eigenvalue weighted by atomic mass is 10.1. The SMILES string of the molecule is O=C(O)c1ccc2c(c1)nc(Nc1cccc(C(=O)N3CCOCC3)c1)c1ccsc12. The highest BCUT2D eigenvalue weighted by Gasteiger charge is 2.19. The van der Waals surface area contributed by atoms with E-state index in [0.717, 1.165) is 21.2 Å². The van der Waals surface area contributed by atoms with E-state index in [4.69, 9.17) is 9.72 Å². The van der Waals surface area contributed by atoms with Crippen molar-refractivity contribution in [1.82, 2.24) is 9.88 Å². The fourth-order valence-corrected chi connectivity index (χ4v) is 4.68. The zero-order chi connectivity index (χ0) is 21.4. The molecule has 7 nitrogen and oxygen atoms in total. The molecule has 0 aliphatic carbocycles. The molecule has 0 radical (unpaired) electrons. The molecule has 4 aromatic rings.